The van der Waals surface area contributed by atoms with Crippen molar-refractivity contribution in [3.05, 3.63) is 34.3 Å². The van der Waals surface area contributed by atoms with Crippen molar-refractivity contribution in [3.63, 3.8) is 0 Å². The van der Waals surface area contributed by atoms with Crippen molar-refractivity contribution < 1.29 is 18.3 Å². The van der Waals surface area contributed by atoms with E-state index in [4.69, 9.17) is 5.11 Å². The van der Waals surface area contributed by atoms with E-state index in [1.54, 1.807) is 0 Å². The molecule has 0 saturated heterocycles. The van der Waals surface area contributed by atoms with E-state index in [-0.39, 0.29) is 24.4 Å². The zero-order chi connectivity index (χ0) is 15.5. The van der Waals surface area contributed by atoms with Gasteiger partial charge in [-0.25, -0.2) is 13.1 Å². The molecule has 0 unspecified atom stereocenters. The van der Waals surface area contributed by atoms with E-state index < -0.39 is 16.0 Å². The molecule has 0 aliphatic carbocycles. The SMILES string of the molecule is Cc1ccc(CNS(=O)(=O)c2cnn(CCC(=O)O)c2)s1. The van der Waals surface area contributed by atoms with Crippen LogP contribution in [0.5, 0.6) is 0 Å². The lowest BCUT2D eigenvalue weighted by Gasteiger charge is -2.02. The summed E-state index contributed by atoms with van der Waals surface area (Å²) in [6.45, 7) is 2.31. The smallest absolute Gasteiger partial charge is 0.305 e. The third-order valence-electron chi connectivity index (χ3n) is 2.71. The van der Waals surface area contributed by atoms with Gasteiger partial charge in [0.25, 0.3) is 0 Å². The molecule has 2 aromatic heterocycles. The van der Waals surface area contributed by atoms with Gasteiger partial charge in [-0.3, -0.25) is 9.48 Å². The van der Waals surface area contributed by atoms with Gasteiger partial charge in [0.15, 0.2) is 0 Å². The first kappa shape index (κ1) is 15.7. The van der Waals surface area contributed by atoms with E-state index in [1.807, 2.05) is 19.1 Å². The first-order chi connectivity index (χ1) is 9.87. The Hall–Kier alpha value is -1.71. The molecule has 0 bridgehead atoms. The number of aromatic nitrogens is 2. The van der Waals surface area contributed by atoms with Gasteiger partial charge in [-0.05, 0) is 19.1 Å². The summed E-state index contributed by atoms with van der Waals surface area (Å²) in [6, 6.07) is 3.80. The maximum absolute atomic E-state index is 12.1. The highest BCUT2D eigenvalue weighted by atomic mass is 32.2. The summed E-state index contributed by atoms with van der Waals surface area (Å²) < 4.78 is 28.0. The first-order valence-corrected chi connectivity index (χ1v) is 8.46. The molecule has 114 valence electrons. The summed E-state index contributed by atoms with van der Waals surface area (Å²) >= 11 is 1.53. The van der Waals surface area contributed by atoms with Crippen LogP contribution in [0.25, 0.3) is 0 Å². The molecule has 0 atom stereocenters. The molecule has 0 aromatic carbocycles. The van der Waals surface area contributed by atoms with Crippen LogP contribution in [0.3, 0.4) is 0 Å². The van der Waals surface area contributed by atoms with Crippen LogP contribution in [0.1, 0.15) is 16.2 Å². The van der Waals surface area contributed by atoms with Crippen molar-refractivity contribution in [1.29, 1.82) is 0 Å². The Morgan fingerprint density at radius 2 is 2.24 bits per heavy atom. The van der Waals surface area contributed by atoms with Gasteiger partial charge >= 0.3 is 5.97 Å². The molecule has 2 aromatic rings. The second-order valence-corrected chi connectivity index (χ2v) is 7.56. The standard InChI is InChI=1S/C12H15N3O4S2/c1-9-2-3-10(20-9)6-14-21(18,19)11-7-13-15(8-11)5-4-12(16)17/h2-3,7-8,14H,4-6H2,1H3,(H,16,17). The first-order valence-electron chi connectivity index (χ1n) is 6.16. The minimum absolute atomic E-state index is 0.0289. The third kappa shape index (κ3) is 4.38. The van der Waals surface area contributed by atoms with E-state index in [1.165, 1.54) is 28.4 Å². The molecule has 2 heterocycles. The van der Waals surface area contributed by atoms with E-state index in [2.05, 4.69) is 9.82 Å². The summed E-state index contributed by atoms with van der Waals surface area (Å²) in [6.07, 6.45) is 2.43. The monoisotopic (exact) mass is 329 g/mol. The van der Waals surface area contributed by atoms with Crippen LogP contribution in [-0.2, 0) is 27.9 Å². The summed E-state index contributed by atoms with van der Waals surface area (Å²) in [5.74, 6) is -0.957. The highest BCUT2D eigenvalue weighted by Crippen LogP contribution is 2.16. The quantitative estimate of drug-likeness (QED) is 0.795. The van der Waals surface area contributed by atoms with Crippen molar-refractivity contribution in [2.24, 2.45) is 0 Å². The fourth-order valence-electron chi connectivity index (χ4n) is 1.65. The van der Waals surface area contributed by atoms with Gasteiger partial charge in [-0.1, -0.05) is 0 Å². The Morgan fingerprint density at radius 1 is 1.48 bits per heavy atom. The summed E-state index contributed by atoms with van der Waals surface area (Å²) in [7, 11) is -3.64. The second kappa shape index (κ2) is 6.37. The normalized spacial score (nSPS) is 11.7. The van der Waals surface area contributed by atoms with Crippen molar-refractivity contribution in [3.8, 4) is 0 Å². The second-order valence-electron chi connectivity index (χ2n) is 4.42. The lowest BCUT2D eigenvalue weighted by atomic mass is 10.4. The van der Waals surface area contributed by atoms with Crippen molar-refractivity contribution in [2.45, 2.75) is 31.3 Å². The van der Waals surface area contributed by atoms with E-state index in [0.717, 1.165) is 9.75 Å². The molecule has 0 spiro atoms. The van der Waals surface area contributed by atoms with Crippen LogP contribution in [-0.4, -0.2) is 29.3 Å². The molecule has 2 rings (SSSR count). The number of nitrogens with zero attached hydrogens (tertiary/aromatic N) is 2. The predicted molar refractivity (Wildman–Crippen MR) is 77.6 cm³/mol. The van der Waals surface area contributed by atoms with Gasteiger partial charge in [-0.2, -0.15) is 5.10 Å². The number of aliphatic carboxylic acids is 1. The van der Waals surface area contributed by atoms with Crippen molar-refractivity contribution in [2.75, 3.05) is 0 Å². The number of carbonyl (C=O) groups is 1. The molecule has 0 saturated carbocycles. The maximum Gasteiger partial charge on any atom is 0.305 e. The van der Waals surface area contributed by atoms with Gasteiger partial charge in [0.2, 0.25) is 10.0 Å². The molecular formula is C12H15N3O4S2. The maximum atomic E-state index is 12.1. The van der Waals surface area contributed by atoms with Crippen LogP contribution in [0.15, 0.2) is 29.4 Å². The third-order valence-corrected chi connectivity index (χ3v) is 5.06. The average Bonchev–Trinajstić information content (AvgIpc) is 3.03. The molecule has 0 aliphatic rings. The number of nitrogens with one attached hydrogen (secondary N) is 1. The molecule has 21 heavy (non-hydrogen) atoms. The molecule has 0 amide bonds. The van der Waals surface area contributed by atoms with Crippen molar-refractivity contribution >= 4 is 27.3 Å². The van der Waals surface area contributed by atoms with E-state index >= 15 is 0 Å². The zero-order valence-electron chi connectivity index (χ0n) is 11.3. The van der Waals surface area contributed by atoms with Crippen LogP contribution in [0.4, 0.5) is 0 Å². The van der Waals surface area contributed by atoms with Gasteiger partial charge in [-0.15, -0.1) is 11.3 Å². The lowest BCUT2D eigenvalue weighted by Crippen LogP contribution is -2.22. The van der Waals surface area contributed by atoms with Crippen LogP contribution in [0.2, 0.25) is 0 Å². The van der Waals surface area contributed by atoms with Crippen LogP contribution < -0.4 is 4.72 Å². The Labute approximate surface area is 126 Å². The number of carboxylic acids is 1. The number of hydrogen-bond donors (Lipinski definition) is 2. The number of rotatable bonds is 7. The molecular weight excluding hydrogens is 314 g/mol. The fourth-order valence-corrected chi connectivity index (χ4v) is 3.53. The summed E-state index contributed by atoms with van der Waals surface area (Å²) in [5.41, 5.74) is 0. The largest absolute Gasteiger partial charge is 0.481 e. The molecule has 7 nitrogen and oxygen atoms in total. The minimum atomic E-state index is -3.64. The topological polar surface area (TPSA) is 101 Å². The van der Waals surface area contributed by atoms with Crippen molar-refractivity contribution in [1.82, 2.24) is 14.5 Å². The van der Waals surface area contributed by atoms with Crippen LogP contribution in [0, 0.1) is 6.92 Å². The number of thiophene rings is 1. The zero-order valence-corrected chi connectivity index (χ0v) is 12.9. The van der Waals surface area contributed by atoms with E-state index in [9.17, 15) is 13.2 Å². The lowest BCUT2D eigenvalue weighted by molar-refractivity contribution is -0.137. The fraction of sp³-hybridized carbons (Fsp3) is 0.333. The number of aryl methyl sites for hydroxylation is 2. The Bertz CT molecular complexity index is 733. The van der Waals surface area contributed by atoms with Gasteiger partial charge in [0.05, 0.1) is 19.2 Å². The van der Waals surface area contributed by atoms with Gasteiger partial charge < -0.3 is 5.11 Å². The number of carboxylic acid groups (broad SMARTS) is 1. The minimum Gasteiger partial charge on any atom is -0.481 e. The van der Waals surface area contributed by atoms with E-state index in [0.29, 0.717) is 0 Å². The highest BCUT2D eigenvalue weighted by Gasteiger charge is 2.16. The molecule has 0 fully saturated rings. The summed E-state index contributed by atoms with van der Waals surface area (Å²) in [5, 5.41) is 12.4. The van der Waals surface area contributed by atoms with Crippen LogP contribution >= 0.6 is 11.3 Å². The molecule has 0 radical (unpaired) electrons. The summed E-state index contributed by atoms with van der Waals surface area (Å²) in [4.78, 5) is 12.5. The highest BCUT2D eigenvalue weighted by molar-refractivity contribution is 7.89. The average molecular weight is 329 g/mol. The number of hydrogen-bond acceptors (Lipinski definition) is 5. The molecule has 0 aliphatic heterocycles. The predicted octanol–water partition coefficient (Wildman–Crippen LogP) is 1.21. The molecule has 2 N–H and O–H groups in total. The Morgan fingerprint density at radius 3 is 2.86 bits per heavy atom. The van der Waals surface area contributed by atoms with Gasteiger partial charge in [0.1, 0.15) is 4.90 Å². The molecule has 9 heteroatoms. The Balaban J connectivity index is 2.00. The number of sulfonamides is 1. The Kier molecular flexibility index (Phi) is 4.76. The van der Waals surface area contributed by atoms with Gasteiger partial charge in [0, 0.05) is 22.5 Å².